The average Bonchev–Trinajstić information content (AvgIpc) is 2.27. The summed E-state index contributed by atoms with van der Waals surface area (Å²) in [6.07, 6.45) is -1.93. The zero-order chi connectivity index (χ0) is 12.8. The summed E-state index contributed by atoms with van der Waals surface area (Å²) in [4.78, 5) is 9.35. The molecule has 0 saturated carbocycles. The van der Waals surface area contributed by atoms with Gasteiger partial charge in [0.2, 0.25) is 0 Å². The van der Waals surface area contributed by atoms with Gasteiger partial charge in [-0.1, -0.05) is 18.5 Å². The van der Waals surface area contributed by atoms with Crippen LogP contribution in [0.25, 0.3) is 0 Å². The number of anilines is 1. The van der Waals surface area contributed by atoms with Crippen LogP contribution in [0.1, 0.15) is 12.7 Å². The van der Waals surface area contributed by atoms with Gasteiger partial charge in [0.05, 0.1) is 13.2 Å². The van der Waals surface area contributed by atoms with Crippen molar-refractivity contribution in [3.05, 3.63) is 17.0 Å². The highest BCUT2D eigenvalue weighted by Gasteiger charge is 2.15. The fourth-order valence-corrected chi connectivity index (χ4v) is 1.55. The first-order valence-corrected chi connectivity index (χ1v) is 5.62. The Labute approximate surface area is 103 Å². The molecule has 0 atom stereocenters. The third-order valence-corrected chi connectivity index (χ3v) is 2.29. The third-order valence-electron chi connectivity index (χ3n) is 2.10. The molecule has 0 bridgehead atoms. The number of halogens is 3. The molecule has 0 aliphatic rings. The van der Waals surface area contributed by atoms with Crippen molar-refractivity contribution in [1.29, 1.82) is 0 Å². The maximum Gasteiger partial charge on any atom is 0.255 e. The van der Waals surface area contributed by atoms with E-state index in [4.69, 9.17) is 16.7 Å². The van der Waals surface area contributed by atoms with Gasteiger partial charge < -0.3 is 10.0 Å². The number of rotatable bonds is 6. The Balaban J connectivity index is 2.95. The van der Waals surface area contributed by atoms with Crippen molar-refractivity contribution in [1.82, 2.24) is 9.97 Å². The van der Waals surface area contributed by atoms with Crippen LogP contribution in [0.4, 0.5) is 14.6 Å². The highest BCUT2D eigenvalue weighted by atomic mass is 35.5. The minimum absolute atomic E-state index is 0.0842. The molecule has 17 heavy (non-hydrogen) atoms. The summed E-state index contributed by atoms with van der Waals surface area (Å²) < 4.78 is 24.8. The third kappa shape index (κ3) is 4.40. The quantitative estimate of drug-likeness (QED) is 0.797. The van der Waals surface area contributed by atoms with E-state index in [-0.39, 0.29) is 18.3 Å². The molecule has 1 aromatic heterocycles. The molecule has 96 valence electrons. The van der Waals surface area contributed by atoms with Crippen molar-refractivity contribution >= 4 is 17.4 Å². The first kappa shape index (κ1) is 14.1. The molecule has 1 rings (SSSR count). The molecule has 4 nitrogen and oxygen atoms in total. The number of hydrogen-bond donors (Lipinski definition) is 1. The van der Waals surface area contributed by atoms with E-state index in [0.717, 1.165) is 0 Å². The van der Waals surface area contributed by atoms with E-state index in [9.17, 15) is 8.78 Å². The van der Waals surface area contributed by atoms with Crippen LogP contribution in [0.15, 0.2) is 6.07 Å². The van der Waals surface area contributed by atoms with Crippen molar-refractivity contribution in [2.24, 2.45) is 0 Å². The summed E-state index contributed by atoms with van der Waals surface area (Å²) in [5.74, 6) is 0.806. The molecular weight excluding hydrogens is 252 g/mol. The van der Waals surface area contributed by atoms with Crippen molar-refractivity contribution in [3.8, 4) is 0 Å². The zero-order valence-electron chi connectivity index (χ0n) is 9.41. The molecule has 0 saturated heterocycles. The van der Waals surface area contributed by atoms with Crippen LogP contribution in [-0.4, -0.2) is 41.2 Å². The SMILES string of the molecule is CCc1nc(Cl)cc(N(CCO)CC(F)F)n1. The first-order valence-electron chi connectivity index (χ1n) is 5.24. The Morgan fingerprint density at radius 2 is 2.18 bits per heavy atom. The standard InChI is InChI=1S/C10H14ClF2N3O/c1-2-9-14-7(11)5-10(15-9)16(3-4-17)6-8(12)13/h5,8,17H,2-4,6H2,1H3. The summed E-state index contributed by atoms with van der Waals surface area (Å²) in [5, 5.41) is 9.06. The van der Waals surface area contributed by atoms with Crippen LogP contribution in [-0.2, 0) is 6.42 Å². The Bertz CT molecular complexity index is 365. The van der Waals surface area contributed by atoms with E-state index in [2.05, 4.69) is 9.97 Å². The Kier molecular flexibility index (Phi) is 5.50. The highest BCUT2D eigenvalue weighted by molar-refractivity contribution is 6.29. The highest BCUT2D eigenvalue weighted by Crippen LogP contribution is 2.17. The molecule has 0 amide bonds. The van der Waals surface area contributed by atoms with Crippen molar-refractivity contribution in [2.45, 2.75) is 19.8 Å². The van der Waals surface area contributed by atoms with Gasteiger partial charge in [-0.3, -0.25) is 0 Å². The van der Waals surface area contributed by atoms with Crippen LogP contribution in [0.2, 0.25) is 5.15 Å². The fraction of sp³-hybridized carbons (Fsp3) is 0.600. The molecule has 0 spiro atoms. The Morgan fingerprint density at radius 3 is 2.71 bits per heavy atom. The average molecular weight is 266 g/mol. The normalized spacial score (nSPS) is 10.9. The predicted octanol–water partition coefficient (Wildman–Crippen LogP) is 1.76. The van der Waals surface area contributed by atoms with Crippen LogP contribution < -0.4 is 4.90 Å². The summed E-state index contributed by atoms with van der Waals surface area (Å²) >= 11 is 5.78. The van der Waals surface area contributed by atoms with Gasteiger partial charge in [-0.15, -0.1) is 0 Å². The first-order chi connectivity index (χ1) is 8.06. The van der Waals surface area contributed by atoms with Gasteiger partial charge in [0.25, 0.3) is 6.43 Å². The predicted molar refractivity (Wildman–Crippen MR) is 61.7 cm³/mol. The zero-order valence-corrected chi connectivity index (χ0v) is 10.2. The van der Waals surface area contributed by atoms with E-state index in [1.165, 1.54) is 11.0 Å². The number of hydrogen-bond acceptors (Lipinski definition) is 4. The molecule has 0 radical (unpaired) electrons. The Morgan fingerprint density at radius 1 is 1.47 bits per heavy atom. The number of aromatic nitrogens is 2. The van der Waals surface area contributed by atoms with E-state index >= 15 is 0 Å². The van der Waals surface area contributed by atoms with Crippen LogP contribution in [0.5, 0.6) is 0 Å². The lowest BCUT2D eigenvalue weighted by Crippen LogP contribution is -2.32. The van der Waals surface area contributed by atoms with Crippen LogP contribution in [0, 0.1) is 0 Å². The topological polar surface area (TPSA) is 49.2 Å². The van der Waals surface area contributed by atoms with Crippen molar-refractivity contribution < 1.29 is 13.9 Å². The second kappa shape index (κ2) is 6.66. The van der Waals surface area contributed by atoms with Gasteiger partial charge in [-0.05, 0) is 0 Å². The molecule has 7 heteroatoms. The van der Waals surface area contributed by atoms with E-state index in [1.807, 2.05) is 6.92 Å². The van der Waals surface area contributed by atoms with Gasteiger partial charge >= 0.3 is 0 Å². The second-order valence-corrected chi connectivity index (χ2v) is 3.77. The summed E-state index contributed by atoms with van der Waals surface area (Å²) in [7, 11) is 0. The fourth-order valence-electron chi connectivity index (χ4n) is 1.36. The monoisotopic (exact) mass is 265 g/mol. The molecule has 0 fully saturated rings. The number of alkyl halides is 2. The molecule has 0 aromatic carbocycles. The molecule has 1 aromatic rings. The molecule has 0 aliphatic carbocycles. The van der Waals surface area contributed by atoms with E-state index in [0.29, 0.717) is 18.1 Å². The lowest BCUT2D eigenvalue weighted by molar-refractivity contribution is 0.152. The minimum atomic E-state index is -2.50. The molecule has 1 N–H and O–H groups in total. The molecular formula is C10H14ClF2N3O. The van der Waals surface area contributed by atoms with Gasteiger partial charge in [0, 0.05) is 19.0 Å². The van der Waals surface area contributed by atoms with Crippen molar-refractivity contribution in [2.75, 3.05) is 24.6 Å². The minimum Gasteiger partial charge on any atom is -0.395 e. The summed E-state index contributed by atoms with van der Waals surface area (Å²) in [5.41, 5.74) is 0. The van der Waals surface area contributed by atoms with E-state index < -0.39 is 13.0 Å². The summed E-state index contributed by atoms with van der Waals surface area (Å²) in [6, 6.07) is 1.42. The number of aliphatic hydroxyl groups excluding tert-OH is 1. The van der Waals surface area contributed by atoms with Crippen molar-refractivity contribution in [3.63, 3.8) is 0 Å². The number of nitrogens with zero attached hydrogens (tertiary/aromatic N) is 3. The number of aliphatic hydroxyl groups is 1. The van der Waals surface area contributed by atoms with Crippen LogP contribution >= 0.6 is 11.6 Å². The van der Waals surface area contributed by atoms with E-state index in [1.54, 1.807) is 0 Å². The number of aryl methyl sites for hydroxylation is 1. The van der Waals surface area contributed by atoms with Gasteiger partial charge in [-0.2, -0.15) is 0 Å². The van der Waals surface area contributed by atoms with Gasteiger partial charge in [0.1, 0.15) is 16.8 Å². The van der Waals surface area contributed by atoms with Gasteiger partial charge in [0.15, 0.2) is 0 Å². The lowest BCUT2D eigenvalue weighted by atomic mass is 10.4. The second-order valence-electron chi connectivity index (χ2n) is 3.38. The lowest BCUT2D eigenvalue weighted by Gasteiger charge is -2.22. The summed E-state index contributed by atoms with van der Waals surface area (Å²) in [6.45, 7) is 1.21. The van der Waals surface area contributed by atoms with Crippen LogP contribution in [0.3, 0.4) is 0 Å². The smallest absolute Gasteiger partial charge is 0.255 e. The largest absolute Gasteiger partial charge is 0.395 e. The molecule has 1 heterocycles. The molecule has 0 unspecified atom stereocenters. The maximum atomic E-state index is 12.4. The van der Waals surface area contributed by atoms with Gasteiger partial charge in [-0.25, -0.2) is 18.7 Å². The Hall–Kier alpha value is -1.01. The molecule has 0 aliphatic heterocycles. The maximum absolute atomic E-state index is 12.4.